The smallest absolute Gasteiger partial charge is 0.244 e. The van der Waals surface area contributed by atoms with Crippen LogP contribution in [-0.4, -0.2) is 33.4 Å². The van der Waals surface area contributed by atoms with Crippen molar-refractivity contribution in [1.29, 1.82) is 0 Å². The Kier molecular flexibility index (Phi) is 3.59. The van der Waals surface area contributed by atoms with E-state index in [-0.39, 0.29) is 5.91 Å². The minimum atomic E-state index is -0.923. The fourth-order valence-corrected chi connectivity index (χ4v) is 2.89. The van der Waals surface area contributed by atoms with E-state index in [9.17, 15) is 4.79 Å². The average molecular weight is 313 g/mol. The summed E-state index contributed by atoms with van der Waals surface area (Å²) >= 11 is 7.22. The summed E-state index contributed by atoms with van der Waals surface area (Å²) in [5.41, 5.74) is 6.99. The summed E-state index contributed by atoms with van der Waals surface area (Å²) in [4.78, 5) is 12.4. The van der Waals surface area contributed by atoms with Gasteiger partial charge in [0.15, 0.2) is 0 Å². The first kappa shape index (κ1) is 13.7. The summed E-state index contributed by atoms with van der Waals surface area (Å²) in [7, 11) is 0. The van der Waals surface area contributed by atoms with Crippen LogP contribution in [0.5, 0.6) is 0 Å². The molecule has 2 heterocycles. The number of nitrogens with two attached hydrogens (primary N) is 1. The third-order valence-corrected chi connectivity index (χ3v) is 4.31. The molecule has 6 nitrogen and oxygen atoms in total. The van der Waals surface area contributed by atoms with Gasteiger partial charge in [-0.1, -0.05) is 11.6 Å². The number of hydrogen-bond donors (Lipinski definition) is 2. The second-order valence-electron chi connectivity index (χ2n) is 4.78. The summed E-state index contributed by atoms with van der Waals surface area (Å²) in [5.74, 6) is -0.261. The SMILES string of the molecule is NC1(C(=O)Nc2c(Cl)ccc3nsnc23)CCOCC1. The van der Waals surface area contributed by atoms with Crippen LogP contribution in [0.3, 0.4) is 0 Å². The number of benzene rings is 1. The van der Waals surface area contributed by atoms with Gasteiger partial charge >= 0.3 is 0 Å². The second kappa shape index (κ2) is 5.25. The molecule has 20 heavy (non-hydrogen) atoms. The van der Waals surface area contributed by atoms with E-state index in [1.807, 2.05) is 0 Å². The molecular weight excluding hydrogens is 300 g/mol. The number of carbonyl (C=O) groups excluding carboxylic acids is 1. The molecule has 0 unspecified atom stereocenters. The van der Waals surface area contributed by atoms with Gasteiger partial charge in [0, 0.05) is 13.2 Å². The van der Waals surface area contributed by atoms with Gasteiger partial charge in [0.2, 0.25) is 5.91 Å². The number of ether oxygens (including phenoxy) is 1. The maximum absolute atomic E-state index is 12.4. The fraction of sp³-hybridized carbons (Fsp3) is 0.417. The monoisotopic (exact) mass is 312 g/mol. The number of hydrogen-bond acceptors (Lipinski definition) is 6. The molecule has 0 spiro atoms. The molecule has 1 aromatic heterocycles. The molecule has 2 aromatic rings. The lowest BCUT2D eigenvalue weighted by Gasteiger charge is -2.31. The first-order valence-corrected chi connectivity index (χ1v) is 7.30. The van der Waals surface area contributed by atoms with Crippen LogP contribution in [0.25, 0.3) is 11.0 Å². The van der Waals surface area contributed by atoms with Gasteiger partial charge in [-0.3, -0.25) is 4.79 Å². The average Bonchev–Trinajstić information content (AvgIpc) is 2.91. The number of anilines is 1. The highest BCUT2D eigenvalue weighted by molar-refractivity contribution is 7.00. The molecule has 0 bridgehead atoms. The zero-order valence-corrected chi connectivity index (χ0v) is 12.1. The van der Waals surface area contributed by atoms with Crippen LogP contribution < -0.4 is 11.1 Å². The van der Waals surface area contributed by atoms with E-state index in [2.05, 4.69) is 14.1 Å². The lowest BCUT2D eigenvalue weighted by molar-refractivity contribution is -0.124. The number of aromatic nitrogens is 2. The minimum Gasteiger partial charge on any atom is -0.381 e. The number of halogens is 1. The van der Waals surface area contributed by atoms with E-state index in [0.717, 1.165) is 11.7 Å². The number of fused-ring (bicyclic) bond motifs is 1. The van der Waals surface area contributed by atoms with Crippen LogP contribution in [0.15, 0.2) is 12.1 Å². The molecule has 106 valence electrons. The Labute approximate surface area is 124 Å². The molecule has 1 amide bonds. The summed E-state index contributed by atoms with van der Waals surface area (Å²) in [6.07, 6.45) is 0.976. The Morgan fingerprint density at radius 2 is 2.15 bits per heavy atom. The molecule has 1 aliphatic heterocycles. The van der Waals surface area contributed by atoms with E-state index >= 15 is 0 Å². The maximum atomic E-state index is 12.4. The second-order valence-corrected chi connectivity index (χ2v) is 5.71. The van der Waals surface area contributed by atoms with E-state index in [4.69, 9.17) is 22.1 Å². The van der Waals surface area contributed by atoms with Crippen molar-refractivity contribution in [3.63, 3.8) is 0 Å². The molecular formula is C12H13ClN4O2S. The minimum absolute atomic E-state index is 0.261. The summed E-state index contributed by atoms with van der Waals surface area (Å²) in [6.45, 7) is 0.972. The standard InChI is InChI=1S/C12H13ClN4O2S/c13-7-1-2-8-10(17-20-16-8)9(7)15-11(18)12(14)3-5-19-6-4-12/h1-2H,3-6,14H2,(H,15,18). The van der Waals surface area contributed by atoms with Crippen LogP contribution >= 0.6 is 23.3 Å². The van der Waals surface area contributed by atoms with Gasteiger partial charge in [0.05, 0.1) is 22.4 Å². The van der Waals surface area contributed by atoms with Crippen LogP contribution in [-0.2, 0) is 9.53 Å². The number of nitrogens with one attached hydrogen (secondary N) is 1. The Hall–Kier alpha value is -1.28. The van der Waals surface area contributed by atoms with Gasteiger partial charge < -0.3 is 15.8 Å². The zero-order valence-electron chi connectivity index (χ0n) is 10.6. The van der Waals surface area contributed by atoms with Crippen molar-refractivity contribution in [2.24, 2.45) is 5.73 Å². The van der Waals surface area contributed by atoms with Crippen LogP contribution in [0.2, 0.25) is 5.02 Å². The highest BCUT2D eigenvalue weighted by atomic mass is 35.5. The molecule has 0 radical (unpaired) electrons. The van der Waals surface area contributed by atoms with E-state index in [1.165, 1.54) is 0 Å². The predicted molar refractivity (Wildman–Crippen MR) is 78.0 cm³/mol. The number of amides is 1. The molecule has 3 rings (SSSR count). The maximum Gasteiger partial charge on any atom is 0.244 e. The van der Waals surface area contributed by atoms with Crippen molar-refractivity contribution < 1.29 is 9.53 Å². The van der Waals surface area contributed by atoms with E-state index in [0.29, 0.717) is 47.8 Å². The lowest BCUT2D eigenvalue weighted by atomic mass is 9.90. The van der Waals surface area contributed by atoms with Crippen LogP contribution in [0.1, 0.15) is 12.8 Å². The predicted octanol–water partition coefficient (Wildman–Crippen LogP) is 1.79. The van der Waals surface area contributed by atoms with E-state index < -0.39 is 5.54 Å². The Morgan fingerprint density at radius 3 is 2.90 bits per heavy atom. The van der Waals surface area contributed by atoms with Crippen molar-refractivity contribution in [1.82, 2.24) is 8.75 Å². The van der Waals surface area contributed by atoms with Gasteiger partial charge in [0.25, 0.3) is 0 Å². The van der Waals surface area contributed by atoms with Crippen molar-refractivity contribution in [2.75, 3.05) is 18.5 Å². The van der Waals surface area contributed by atoms with Crippen molar-refractivity contribution in [2.45, 2.75) is 18.4 Å². The number of nitrogens with zero attached hydrogens (tertiary/aromatic N) is 2. The number of carbonyl (C=O) groups is 1. The van der Waals surface area contributed by atoms with Crippen molar-refractivity contribution >= 4 is 46.0 Å². The lowest BCUT2D eigenvalue weighted by Crippen LogP contribution is -2.54. The van der Waals surface area contributed by atoms with E-state index in [1.54, 1.807) is 12.1 Å². The summed E-state index contributed by atoms with van der Waals surface area (Å²) in [6, 6.07) is 3.46. The highest BCUT2D eigenvalue weighted by Crippen LogP contribution is 2.31. The van der Waals surface area contributed by atoms with Gasteiger partial charge in [-0.2, -0.15) is 8.75 Å². The third kappa shape index (κ3) is 2.37. The van der Waals surface area contributed by atoms with Gasteiger partial charge in [-0.05, 0) is 25.0 Å². The largest absolute Gasteiger partial charge is 0.381 e. The summed E-state index contributed by atoms with van der Waals surface area (Å²) < 4.78 is 13.5. The van der Waals surface area contributed by atoms with Crippen LogP contribution in [0.4, 0.5) is 5.69 Å². The Bertz CT molecular complexity index is 654. The van der Waals surface area contributed by atoms with Crippen molar-refractivity contribution in [3.8, 4) is 0 Å². The molecule has 1 saturated heterocycles. The molecule has 1 fully saturated rings. The molecule has 0 atom stereocenters. The normalized spacial score (nSPS) is 18.1. The molecule has 1 aromatic carbocycles. The molecule has 0 aliphatic carbocycles. The van der Waals surface area contributed by atoms with Gasteiger partial charge in [0.1, 0.15) is 16.6 Å². The molecule has 3 N–H and O–H groups in total. The fourth-order valence-electron chi connectivity index (χ4n) is 2.15. The summed E-state index contributed by atoms with van der Waals surface area (Å²) in [5, 5.41) is 3.23. The first-order chi connectivity index (χ1) is 9.60. The highest BCUT2D eigenvalue weighted by Gasteiger charge is 2.36. The topological polar surface area (TPSA) is 90.1 Å². The third-order valence-electron chi connectivity index (χ3n) is 3.45. The van der Waals surface area contributed by atoms with Gasteiger partial charge in [-0.25, -0.2) is 0 Å². The number of rotatable bonds is 2. The zero-order chi connectivity index (χ0) is 14.2. The molecule has 8 heteroatoms. The van der Waals surface area contributed by atoms with Crippen LogP contribution in [0, 0.1) is 0 Å². The Balaban J connectivity index is 1.91. The van der Waals surface area contributed by atoms with Gasteiger partial charge in [-0.15, -0.1) is 0 Å². The van der Waals surface area contributed by atoms with Crippen molar-refractivity contribution in [3.05, 3.63) is 17.2 Å². The molecule has 1 aliphatic rings. The Morgan fingerprint density at radius 1 is 1.40 bits per heavy atom. The quantitative estimate of drug-likeness (QED) is 0.882. The molecule has 0 saturated carbocycles. The first-order valence-electron chi connectivity index (χ1n) is 6.19.